The summed E-state index contributed by atoms with van der Waals surface area (Å²) >= 11 is 5.96. The van der Waals surface area contributed by atoms with E-state index in [-0.39, 0.29) is 5.91 Å². The molecule has 1 aromatic heterocycles. The maximum Gasteiger partial charge on any atom is 0.267 e. The number of halogens is 1. The second-order valence-corrected chi connectivity index (χ2v) is 3.37. The van der Waals surface area contributed by atoms with E-state index in [0.717, 1.165) is 10.9 Å². The molecular formula is C10H9ClN2O. The summed E-state index contributed by atoms with van der Waals surface area (Å²) in [5, 5.41) is 4.11. The minimum Gasteiger partial charge on any atom is -0.354 e. The zero-order valence-electron chi connectivity index (χ0n) is 7.60. The Hall–Kier alpha value is -1.48. The van der Waals surface area contributed by atoms with Crippen molar-refractivity contribution in [3.63, 3.8) is 0 Å². The average Bonchev–Trinajstić information content (AvgIpc) is 2.62. The highest BCUT2D eigenvalue weighted by molar-refractivity contribution is 6.35. The Kier molecular flexibility index (Phi) is 2.17. The van der Waals surface area contributed by atoms with Crippen LogP contribution in [0, 0.1) is 0 Å². The third kappa shape index (κ3) is 1.36. The molecular weight excluding hydrogens is 200 g/mol. The number of nitrogens with one attached hydrogen (secondary N) is 2. The first-order valence-electron chi connectivity index (χ1n) is 4.21. The fraction of sp³-hybridized carbons (Fsp3) is 0.100. The summed E-state index contributed by atoms with van der Waals surface area (Å²) in [6.07, 6.45) is 0. The van der Waals surface area contributed by atoms with E-state index in [4.69, 9.17) is 11.6 Å². The molecule has 3 nitrogen and oxygen atoms in total. The molecule has 0 fully saturated rings. The summed E-state index contributed by atoms with van der Waals surface area (Å²) in [7, 11) is 1.59. The normalized spacial score (nSPS) is 10.4. The number of H-pyrrole nitrogens is 1. The molecule has 0 saturated heterocycles. The second kappa shape index (κ2) is 3.35. The minimum atomic E-state index is -0.141. The summed E-state index contributed by atoms with van der Waals surface area (Å²) < 4.78 is 0. The van der Waals surface area contributed by atoms with Gasteiger partial charge in [0, 0.05) is 12.4 Å². The van der Waals surface area contributed by atoms with Crippen molar-refractivity contribution >= 4 is 28.4 Å². The van der Waals surface area contributed by atoms with Gasteiger partial charge in [-0.15, -0.1) is 0 Å². The van der Waals surface area contributed by atoms with E-state index >= 15 is 0 Å². The van der Waals surface area contributed by atoms with Gasteiger partial charge in [-0.25, -0.2) is 0 Å². The lowest BCUT2D eigenvalue weighted by Crippen LogP contribution is -2.17. The maximum absolute atomic E-state index is 11.3. The van der Waals surface area contributed by atoms with Gasteiger partial charge < -0.3 is 10.3 Å². The standard InChI is InChI=1S/C10H9ClN2O/c1-12-10(14)8-5-6-3-2-4-7(11)9(6)13-8/h2-5,13H,1H3,(H,12,14). The number of aromatic amines is 1. The first-order chi connectivity index (χ1) is 6.72. The molecule has 2 N–H and O–H groups in total. The molecule has 0 bridgehead atoms. The van der Waals surface area contributed by atoms with Crippen LogP contribution in [0.2, 0.25) is 5.02 Å². The first-order valence-corrected chi connectivity index (χ1v) is 4.59. The molecule has 0 radical (unpaired) electrons. The predicted molar refractivity (Wildman–Crippen MR) is 56.7 cm³/mol. The smallest absolute Gasteiger partial charge is 0.267 e. The number of benzene rings is 1. The van der Waals surface area contributed by atoms with Crippen molar-refractivity contribution in [2.45, 2.75) is 0 Å². The fourth-order valence-corrected chi connectivity index (χ4v) is 1.61. The number of para-hydroxylation sites is 1. The number of hydrogen-bond acceptors (Lipinski definition) is 1. The van der Waals surface area contributed by atoms with Crippen LogP contribution in [0.25, 0.3) is 10.9 Å². The minimum absolute atomic E-state index is 0.141. The van der Waals surface area contributed by atoms with Gasteiger partial charge in [0.05, 0.1) is 10.5 Å². The molecule has 0 atom stereocenters. The van der Waals surface area contributed by atoms with Crippen molar-refractivity contribution in [2.24, 2.45) is 0 Å². The number of fused-ring (bicyclic) bond motifs is 1. The van der Waals surface area contributed by atoms with Gasteiger partial charge in [-0.05, 0) is 12.1 Å². The van der Waals surface area contributed by atoms with E-state index in [1.54, 1.807) is 19.2 Å². The van der Waals surface area contributed by atoms with Crippen LogP contribution in [-0.4, -0.2) is 17.9 Å². The zero-order valence-corrected chi connectivity index (χ0v) is 8.35. The van der Waals surface area contributed by atoms with Gasteiger partial charge in [0.1, 0.15) is 5.69 Å². The first kappa shape index (κ1) is 9.09. The van der Waals surface area contributed by atoms with Crippen molar-refractivity contribution in [1.82, 2.24) is 10.3 Å². The molecule has 0 spiro atoms. The highest BCUT2D eigenvalue weighted by Crippen LogP contribution is 2.23. The van der Waals surface area contributed by atoms with Gasteiger partial charge in [-0.1, -0.05) is 23.7 Å². The third-order valence-electron chi connectivity index (χ3n) is 2.08. The van der Waals surface area contributed by atoms with E-state index in [9.17, 15) is 4.79 Å². The lowest BCUT2D eigenvalue weighted by atomic mass is 10.2. The van der Waals surface area contributed by atoms with Gasteiger partial charge in [0.25, 0.3) is 5.91 Å². The van der Waals surface area contributed by atoms with Crippen LogP contribution in [0.5, 0.6) is 0 Å². The largest absolute Gasteiger partial charge is 0.354 e. The second-order valence-electron chi connectivity index (χ2n) is 2.97. The van der Waals surface area contributed by atoms with Crippen LogP contribution in [-0.2, 0) is 0 Å². The third-order valence-corrected chi connectivity index (χ3v) is 2.39. The summed E-state index contributed by atoms with van der Waals surface area (Å²) in [6, 6.07) is 7.32. The van der Waals surface area contributed by atoms with E-state index in [0.29, 0.717) is 10.7 Å². The van der Waals surface area contributed by atoms with Crippen molar-refractivity contribution in [1.29, 1.82) is 0 Å². The Labute approximate surface area is 86.1 Å². The van der Waals surface area contributed by atoms with E-state index in [1.165, 1.54) is 0 Å². The van der Waals surface area contributed by atoms with Gasteiger partial charge in [0.15, 0.2) is 0 Å². The topological polar surface area (TPSA) is 44.9 Å². The molecule has 1 aromatic carbocycles. The molecule has 14 heavy (non-hydrogen) atoms. The highest BCUT2D eigenvalue weighted by atomic mass is 35.5. The molecule has 1 amide bonds. The lowest BCUT2D eigenvalue weighted by molar-refractivity contribution is 0.0959. The molecule has 0 saturated carbocycles. The zero-order chi connectivity index (χ0) is 10.1. The molecule has 2 aromatic rings. The van der Waals surface area contributed by atoms with Crippen LogP contribution in [0.1, 0.15) is 10.5 Å². The Morgan fingerprint density at radius 2 is 2.29 bits per heavy atom. The van der Waals surface area contributed by atoms with E-state index in [2.05, 4.69) is 10.3 Å². The Morgan fingerprint density at radius 1 is 1.50 bits per heavy atom. The summed E-state index contributed by atoms with van der Waals surface area (Å²) in [4.78, 5) is 14.3. The van der Waals surface area contributed by atoms with E-state index in [1.807, 2.05) is 12.1 Å². The van der Waals surface area contributed by atoms with Crippen molar-refractivity contribution in [2.75, 3.05) is 7.05 Å². The highest BCUT2D eigenvalue weighted by Gasteiger charge is 2.08. The quantitative estimate of drug-likeness (QED) is 0.742. The predicted octanol–water partition coefficient (Wildman–Crippen LogP) is 2.18. The number of amides is 1. The number of aromatic nitrogens is 1. The van der Waals surface area contributed by atoms with Crippen molar-refractivity contribution < 1.29 is 4.79 Å². The summed E-state index contributed by atoms with van der Waals surface area (Å²) in [5.41, 5.74) is 1.32. The monoisotopic (exact) mass is 208 g/mol. The Balaban J connectivity index is 2.62. The Morgan fingerprint density at radius 3 is 2.93 bits per heavy atom. The summed E-state index contributed by atoms with van der Waals surface area (Å²) in [6.45, 7) is 0. The number of hydrogen-bond donors (Lipinski definition) is 2. The van der Waals surface area contributed by atoms with Gasteiger partial charge in [-0.3, -0.25) is 4.79 Å². The lowest BCUT2D eigenvalue weighted by Gasteiger charge is -1.93. The SMILES string of the molecule is CNC(=O)c1cc2cccc(Cl)c2[nH]1. The van der Waals surface area contributed by atoms with Crippen LogP contribution < -0.4 is 5.32 Å². The number of carbonyl (C=O) groups excluding carboxylic acids is 1. The van der Waals surface area contributed by atoms with Crippen LogP contribution in [0.15, 0.2) is 24.3 Å². The van der Waals surface area contributed by atoms with E-state index < -0.39 is 0 Å². The van der Waals surface area contributed by atoms with Gasteiger partial charge >= 0.3 is 0 Å². The summed E-state index contributed by atoms with van der Waals surface area (Å²) in [5.74, 6) is -0.141. The van der Waals surface area contributed by atoms with Crippen LogP contribution in [0.3, 0.4) is 0 Å². The maximum atomic E-state index is 11.3. The number of carbonyl (C=O) groups is 1. The molecule has 4 heteroatoms. The Bertz CT molecular complexity index is 490. The molecule has 0 aliphatic carbocycles. The molecule has 0 aliphatic heterocycles. The number of rotatable bonds is 1. The van der Waals surface area contributed by atoms with Gasteiger partial charge in [0.2, 0.25) is 0 Å². The van der Waals surface area contributed by atoms with Crippen LogP contribution in [0.4, 0.5) is 0 Å². The molecule has 0 unspecified atom stereocenters. The molecule has 72 valence electrons. The molecule has 2 rings (SSSR count). The van der Waals surface area contributed by atoms with Crippen molar-refractivity contribution in [3.05, 3.63) is 35.0 Å². The van der Waals surface area contributed by atoms with Crippen molar-refractivity contribution in [3.8, 4) is 0 Å². The van der Waals surface area contributed by atoms with Gasteiger partial charge in [-0.2, -0.15) is 0 Å². The molecule has 0 aliphatic rings. The average molecular weight is 209 g/mol. The fourth-order valence-electron chi connectivity index (χ4n) is 1.38. The van der Waals surface area contributed by atoms with Crippen LogP contribution >= 0.6 is 11.6 Å². The molecule has 1 heterocycles.